The molecule has 9 rings (SSSR count). The van der Waals surface area contributed by atoms with Crippen LogP contribution in [0.1, 0.15) is 0 Å². The molecule has 0 bridgehead atoms. The van der Waals surface area contributed by atoms with E-state index in [0.717, 1.165) is 72.4 Å². The lowest BCUT2D eigenvalue weighted by molar-refractivity contribution is 0.853. The van der Waals surface area contributed by atoms with Gasteiger partial charge < -0.3 is 4.57 Å². The molecule has 0 radical (unpaired) electrons. The van der Waals surface area contributed by atoms with E-state index < -0.39 is 0 Å². The first-order valence-corrected chi connectivity index (χ1v) is 13.6. The summed E-state index contributed by atoms with van der Waals surface area (Å²) >= 11 is 0. The summed E-state index contributed by atoms with van der Waals surface area (Å²) in [7, 11) is 2.05. The predicted molar refractivity (Wildman–Crippen MR) is 164 cm³/mol. The Morgan fingerprint density at radius 3 is 1.93 bits per heavy atom. The lowest BCUT2D eigenvalue weighted by atomic mass is 10.2. The van der Waals surface area contributed by atoms with Crippen LogP contribution >= 0.6 is 0 Å². The van der Waals surface area contributed by atoms with Gasteiger partial charge in [-0.3, -0.25) is 13.7 Å². The molecule has 0 spiro atoms. The van der Waals surface area contributed by atoms with E-state index in [1.807, 2.05) is 31.6 Å². The molecule has 7 aromatic heterocycles. The maximum absolute atomic E-state index is 5.32. The van der Waals surface area contributed by atoms with Crippen LogP contribution in [0.3, 0.4) is 0 Å². The van der Waals surface area contributed by atoms with Crippen molar-refractivity contribution in [3.8, 4) is 17.5 Å². The second-order valence-electron chi connectivity index (χ2n) is 10.4. The van der Waals surface area contributed by atoms with Gasteiger partial charge in [-0.25, -0.2) is 15.0 Å². The number of fused-ring (bicyclic) bond motifs is 7. The van der Waals surface area contributed by atoms with Gasteiger partial charge in [-0.1, -0.05) is 36.4 Å². The number of aromatic nitrogens is 7. The Bertz CT molecular complexity index is 2400. The third-order valence-corrected chi connectivity index (χ3v) is 8.08. The molecule has 2 aromatic carbocycles. The average molecular weight is 530 g/mol. The van der Waals surface area contributed by atoms with Crippen LogP contribution in [0.4, 0.5) is 0 Å². The summed E-state index contributed by atoms with van der Waals surface area (Å²) in [6.45, 7) is 0. The second kappa shape index (κ2) is 8.16. The van der Waals surface area contributed by atoms with Crippen molar-refractivity contribution in [2.75, 3.05) is 0 Å². The van der Waals surface area contributed by atoms with Gasteiger partial charge >= 0.3 is 0 Å². The second-order valence-corrected chi connectivity index (χ2v) is 10.4. The molecule has 0 aliphatic carbocycles. The average Bonchev–Trinajstić information content (AvgIpc) is 3.78. The Morgan fingerprint density at radius 1 is 0.512 bits per heavy atom. The molecule has 0 aliphatic rings. The lowest BCUT2D eigenvalue weighted by Crippen LogP contribution is -2.04. The smallest absolute Gasteiger partial charge is 0.149 e. The molecule has 0 saturated heterocycles. The Labute approximate surface area is 234 Å². The standard InChI is InChI=1S/C34H23N7/c1-38-20-7-13-31(38)39-21-18-22-14-16-29(36-32(22)39)41-28-12-5-3-9-24(28)26-15-17-30(37-34(26)41)40-27-11-4-2-8-23(27)25-10-6-19-35-33(25)40/h2-21H,1H3. The van der Waals surface area contributed by atoms with Crippen LogP contribution in [-0.2, 0) is 7.05 Å². The van der Waals surface area contributed by atoms with Crippen molar-refractivity contribution in [2.45, 2.75) is 0 Å². The van der Waals surface area contributed by atoms with E-state index in [9.17, 15) is 0 Å². The van der Waals surface area contributed by atoms with Gasteiger partial charge in [-0.15, -0.1) is 0 Å². The van der Waals surface area contributed by atoms with Crippen LogP contribution in [0.2, 0.25) is 0 Å². The molecule has 0 atom stereocenters. The van der Waals surface area contributed by atoms with Crippen molar-refractivity contribution in [2.24, 2.45) is 7.05 Å². The number of benzene rings is 2. The first-order chi connectivity index (χ1) is 20.3. The number of nitrogens with zero attached hydrogens (tertiary/aromatic N) is 7. The topological polar surface area (TPSA) is 58.4 Å². The minimum atomic E-state index is 0.819. The van der Waals surface area contributed by atoms with Gasteiger partial charge in [0.1, 0.15) is 34.4 Å². The van der Waals surface area contributed by atoms with E-state index in [-0.39, 0.29) is 0 Å². The third kappa shape index (κ3) is 3.05. The van der Waals surface area contributed by atoms with E-state index in [2.05, 4.69) is 115 Å². The molecule has 0 aliphatic heterocycles. The highest BCUT2D eigenvalue weighted by atomic mass is 15.2. The lowest BCUT2D eigenvalue weighted by Gasteiger charge is -2.11. The van der Waals surface area contributed by atoms with Crippen LogP contribution in [-0.4, -0.2) is 33.2 Å². The van der Waals surface area contributed by atoms with Crippen molar-refractivity contribution in [3.63, 3.8) is 0 Å². The van der Waals surface area contributed by atoms with Crippen LogP contribution in [0.5, 0.6) is 0 Å². The summed E-state index contributed by atoms with van der Waals surface area (Å²) in [6, 6.07) is 35.7. The van der Waals surface area contributed by atoms with Gasteiger partial charge in [-0.05, 0) is 66.7 Å². The van der Waals surface area contributed by atoms with E-state index in [0.29, 0.717) is 0 Å². The van der Waals surface area contributed by atoms with Crippen molar-refractivity contribution in [1.82, 2.24) is 33.2 Å². The van der Waals surface area contributed by atoms with E-state index >= 15 is 0 Å². The highest BCUT2D eigenvalue weighted by Gasteiger charge is 2.19. The van der Waals surface area contributed by atoms with Gasteiger partial charge in [0.25, 0.3) is 0 Å². The number of aryl methyl sites for hydroxylation is 1. The van der Waals surface area contributed by atoms with Crippen LogP contribution in [0.25, 0.3) is 72.4 Å². The van der Waals surface area contributed by atoms with E-state index in [1.165, 1.54) is 0 Å². The van der Waals surface area contributed by atoms with Crippen LogP contribution < -0.4 is 0 Å². The molecule has 194 valence electrons. The fourth-order valence-electron chi connectivity index (χ4n) is 6.22. The summed E-state index contributed by atoms with van der Waals surface area (Å²) in [5.41, 5.74) is 4.79. The molecular formula is C34H23N7. The number of rotatable bonds is 3. The normalized spacial score (nSPS) is 12.0. The van der Waals surface area contributed by atoms with Crippen molar-refractivity contribution < 1.29 is 0 Å². The number of hydrogen-bond donors (Lipinski definition) is 0. The minimum Gasteiger partial charge on any atom is -0.337 e. The highest BCUT2D eigenvalue weighted by Crippen LogP contribution is 2.34. The molecule has 7 heteroatoms. The number of pyridine rings is 3. The van der Waals surface area contributed by atoms with Gasteiger partial charge in [0, 0.05) is 52.6 Å². The van der Waals surface area contributed by atoms with Crippen molar-refractivity contribution >= 4 is 54.9 Å². The Balaban J connectivity index is 1.35. The van der Waals surface area contributed by atoms with E-state index in [4.69, 9.17) is 15.0 Å². The zero-order valence-corrected chi connectivity index (χ0v) is 22.2. The summed E-state index contributed by atoms with van der Waals surface area (Å²) < 4.78 is 8.57. The highest BCUT2D eigenvalue weighted by molar-refractivity contribution is 6.09. The molecule has 7 heterocycles. The monoisotopic (exact) mass is 529 g/mol. The van der Waals surface area contributed by atoms with E-state index in [1.54, 1.807) is 0 Å². The maximum Gasteiger partial charge on any atom is 0.149 e. The first-order valence-electron chi connectivity index (χ1n) is 13.6. The van der Waals surface area contributed by atoms with Crippen LogP contribution in [0, 0.1) is 0 Å². The van der Waals surface area contributed by atoms with Crippen LogP contribution in [0.15, 0.2) is 122 Å². The number of para-hydroxylation sites is 2. The molecule has 0 saturated carbocycles. The predicted octanol–water partition coefficient (Wildman–Crippen LogP) is 7.35. The van der Waals surface area contributed by atoms with Crippen molar-refractivity contribution in [1.29, 1.82) is 0 Å². The van der Waals surface area contributed by atoms with Gasteiger partial charge in [-0.2, -0.15) is 0 Å². The minimum absolute atomic E-state index is 0.819. The molecule has 0 amide bonds. The summed E-state index contributed by atoms with van der Waals surface area (Å²) in [6.07, 6.45) is 5.97. The van der Waals surface area contributed by atoms with Crippen molar-refractivity contribution in [3.05, 3.63) is 122 Å². The summed E-state index contributed by atoms with van der Waals surface area (Å²) in [5.74, 6) is 2.70. The quantitative estimate of drug-likeness (QED) is 0.240. The molecular weight excluding hydrogens is 506 g/mol. The Kier molecular flexibility index (Phi) is 4.41. The summed E-state index contributed by atoms with van der Waals surface area (Å²) in [4.78, 5) is 15.3. The fourth-order valence-corrected chi connectivity index (χ4v) is 6.22. The van der Waals surface area contributed by atoms with Gasteiger partial charge in [0.2, 0.25) is 0 Å². The largest absolute Gasteiger partial charge is 0.337 e. The molecule has 7 nitrogen and oxygen atoms in total. The number of hydrogen-bond acceptors (Lipinski definition) is 3. The first kappa shape index (κ1) is 22.2. The molecule has 0 fully saturated rings. The van der Waals surface area contributed by atoms with Gasteiger partial charge in [0.15, 0.2) is 0 Å². The SMILES string of the molecule is Cn1cccc1-n1ccc2ccc(-n3c4ccccc4c4ccc(-n5c6ccccc6c6cccnc65)nc43)nc21. The Morgan fingerprint density at radius 2 is 1.17 bits per heavy atom. The zero-order chi connectivity index (χ0) is 27.1. The molecule has 0 N–H and O–H groups in total. The van der Waals surface area contributed by atoms with Gasteiger partial charge in [0.05, 0.1) is 11.0 Å². The molecule has 9 aromatic rings. The third-order valence-electron chi connectivity index (χ3n) is 8.08. The Hall–Kier alpha value is -5.69. The fraction of sp³-hybridized carbons (Fsp3) is 0.0294. The zero-order valence-electron chi connectivity index (χ0n) is 22.2. The maximum atomic E-state index is 5.32. The summed E-state index contributed by atoms with van der Waals surface area (Å²) in [5, 5.41) is 5.57. The molecule has 0 unspecified atom stereocenters. The molecule has 41 heavy (non-hydrogen) atoms.